The molecule has 1 aromatic heterocycles. The second-order valence-corrected chi connectivity index (χ2v) is 12.1. The summed E-state index contributed by atoms with van der Waals surface area (Å²) in [6.07, 6.45) is 3.59. The number of likely N-dealkylation sites (N-methyl/N-ethyl adjacent to an activating group) is 1. The highest BCUT2D eigenvalue weighted by Crippen LogP contribution is 2.41. The number of benzene rings is 2. The van der Waals surface area contributed by atoms with E-state index in [0.717, 1.165) is 48.7 Å². The third-order valence-electron chi connectivity index (χ3n) is 8.84. The van der Waals surface area contributed by atoms with Crippen LogP contribution in [0.2, 0.25) is 0 Å². The Bertz CT molecular complexity index is 1460. The normalized spacial score (nSPS) is 20.1. The van der Waals surface area contributed by atoms with Gasteiger partial charge in [-0.2, -0.15) is 0 Å². The first-order chi connectivity index (χ1) is 19.7. The Labute approximate surface area is 242 Å². The summed E-state index contributed by atoms with van der Waals surface area (Å²) in [5.74, 6) is -0.350. The number of aromatic nitrogens is 2. The SMILES string of the molecule is [B]N1CC2(C1)CN(c1ccc(-c3cc(F)c(CN(C)C(C(=O)CCC)c4ncn5c4CC(F)C5)c(C=C)c3)cc1)C2. The molecule has 1 spiro atoms. The molecular weight excluding hydrogens is 519 g/mol. The fraction of sp³-hybridized carbons (Fsp3) is 0.438. The molecular formula is C32H36BF2N5O. The number of carbonyl (C=O) groups excluding carboxylic acids is 1. The van der Waals surface area contributed by atoms with Crippen LogP contribution in [0.15, 0.2) is 49.3 Å². The van der Waals surface area contributed by atoms with Crippen molar-refractivity contribution in [1.82, 2.24) is 19.3 Å². The van der Waals surface area contributed by atoms with Crippen LogP contribution in [0, 0.1) is 11.2 Å². The average Bonchev–Trinajstić information content (AvgIpc) is 3.46. The maximum Gasteiger partial charge on any atom is 0.182 e. The van der Waals surface area contributed by atoms with Crippen LogP contribution in [-0.2, 0) is 24.3 Å². The molecule has 2 radical (unpaired) electrons. The highest BCUT2D eigenvalue weighted by Gasteiger charge is 2.49. The highest BCUT2D eigenvalue weighted by molar-refractivity contribution is 6.05. The highest BCUT2D eigenvalue weighted by atomic mass is 19.1. The van der Waals surface area contributed by atoms with E-state index in [1.165, 1.54) is 0 Å². The summed E-state index contributed by atoms with van der Waals surface area (Å²) in [4.78, 5) is 23.9. The molecule has 2 atom stereocenters. The second kappa shape index (κ2) is 10.8. The van der Waals surface area contributed by atoms with Gasteiger partial charge >= 0.3 is 0 Å². The minimum Gasteiger partial charge on any atom is -0.370 e. The first kappa shape index (κ1) is 27.9. The minimum atomic E-state index is -0.979. The lowest BCUT2D eigenvalue weighted by Crippen LogP contribution is -2.71. The first-order valence-corrected chi connectivity index (χ1v) is 14.4. The number of hydrogen-bond acceptors (Lipinski definition) is 5. The van der Waals surface area contributed by atoms with Gasteiger partial charge < -0.3 is 14.3 Å². The van der Waals surface area contributed by atoms with Gasteiger partial charge in [0.15, 0.2) is 13.8 Å². The summed E-state index contributed by atoms with van der Waals surface area (Å²) < 4.78 is 31.7. The molecule has 0 N–H and O–H groups in total. The van der Waals surface area contributed by atoms with Crippen molar-refractivity contribution in [2.45, 2.75) is 51.5 Å². The molecule has 212 valence electrons. The standard InChI is InChI=1S/C32H36BF2N5O/c1-4-6-29(41)31(30-28-13-24(34)14-38(28)20-36-30)37(3)15-26-21(5-2)11-23(12-27(26)35)22-7-9-25(10-8-22)39-16-32(17-39)18-40(33)19-32/h5,7-12,20,24,31H,2,4,6,13-19H2,1,3H3. The molecule has 3 aliphatic rings. The van der Waals surface area contributed by atoms with Crippen molar-refractivity contribution in [3.63, 3.8) is 0 Å². The van der Waals surface area contributed by atoms with Crippen LogP contribution < -0.4 is 4.90 Å². The summed E-state index contributed by atoms with van der Waals surface area (Å²) in [6.45, 7) is 10.3. The van der Waals surface area contributed by atoms with Crippen LogP contribution in [0.25, 0.3) is 17.2 Å². The number of Topliss-reactive ketones (excluding diaryl/α,β-unsaturated/α-hetero) is 1. The maximum atomic E-state index is 15.8. The zero-order valence-electron chi connectivity index (χ0n) is 23.8. The summed E-state index contributed by atoms with van der Waals surface area (Å²) in [6, 6.07) is 11.1. The first-order valence-electron chi connectivity index (χ1n) is 14.4. The van der Waals surface area contributed by atoms with Gasteiger partial charge in [0.25, 0.3) is 0 Å². The van der Waals surface area contributed by atoms with Gasteiger partial charge in [-0.15, -0.1) is 0 Å². The van der Waals surface area contributed by atoms with Gasteiger partial charge in [-0.05, 0) is 67.5 Å². The van der Waals surface area contributed by atoms with Crippen LogP contribution >= 0.6 is 0 Å². The molecule has 2 unspecified atom stereocenters. The number of halogens is 2. The van der Waals surface area contributed by atoms with E-state index in [2.05, 4.69) is 28.6 Å². The zero-order valence-corrected chi connectivity index (χ0v) is 23.8. The molecule has 2 saturated heterocycles. The van der Waals surface area contributed by atoms with E-state index in [1.807, 2.05) is 34.8 Å². The van der Waals surface area contributed by atoms with E-state index in [-0.39, 0.29) is 31.1 Å². The van der Waals surface area contributed by atoms with Crippen LogP contribution in [0.4, 0.5) is 14.5 Å². The Morgan fingerprint density at radius 1 is 1.22 bits per heavy atom. The summed E-state index contributed by atoms with van der Waals surface area (Å²) in [5, 5.41) is 0. The van der Waals surface area contributed by atoms with E-state index in [0.29, 0.717) is 35.1 Å². The number of anilines is 1. The molecule has 0 saturated carbocycles. The Balaban J connectivity index is 1.22. The number of ketones is 1. The molecule has 0 amide bonds. The number of nitrogens with zero attached hydrogens (tertiary/aromatic N) is 5. The van der Waals surface area contributed by atoms with Gasteiger partial charge in [0.05, 0.1) is 18.6 Å². The number of fused-ring (bicyclic) bond motifs is 1. The Morgan fingerprint density at radius 3 is 2.61 bits per heavy atom. The number of hydrogen-bond donors (Lipinski definition) is 0. The van der Waals surface area contributed by atoms with Crippen molar-refractivity contribution in [2.24, 2.45) is 5.41 Å². The molecule has 2 fully saturated rings. The summed E-state index contributed by atoms with van der Waals surface area (Å²) in [5.41, 5.74) is 5.67. The van der Waals surface area contributed by atoms with Crippen molar-refractivity contribution in [1.29, 1.82) is 0 Å². The van der Waals surface area contributed by atoms with Crippen LogP contribution in [0.5, 0.6) is 0 Å². The van der Waals surface area contributed by atoms with E-state index in [4.69, 9.17) is 7.98 Å². The van der Waals surface area contributed by atoms with Gasteiger partial charge in [-0.1, -0.05) is 31.7 Å². The molecule has 6 rings (SSSR count). The van der Waals surface area contributed by atoms with Crippen molar-refractivity contribution < 1.29 is 13.6 Å². The van der Waals surface area contributed by atoms with Gasteiger partial charge in [0.1, 0.15) is 18.0 Å². The van der Waals surface area contributed by atoms with Crippen molar-refractivity contribution in [3.05, 3.63) is 77.6 Å². The number of rotatable bonds is 10. The number of carbonyl (C=O) groups is 1. The monoisotopic (exact) mass is 555 g/mol. The lowest BCUT2D eigenvalue weighted by atomic mass is 9.71. The molecule has 0 aliphatic carbocycles. The third kappa shape index (κ3) is 5.14. The largest absolute Gasteiger partial charge is 0.370 e. The van der Waals surface area contributed by atoms with Gasteiger partial charge in [-0.25, -0.2) is 13.8 Å². The molecule has 3 aliphatic heterocycles. The maximum absolute atomic E-state index is 15.8. The van der Waals surface area contributed by atoms with E-state index in [9.17, 15) is 9.18 Å². The molecule has 6 nitrogen and oxygen atoms in total. The molecule has 41 heavy (non-hydrogen) atoms. The zero-order chi connectivity index (χ0) is 28.9. The molecule has 0 bridgehead atoms. The molecule has 4 heterocycles. The fourth-order valence-electron chi connectivity index (χ4n) is 6.85. The number of alkyl halides is 1. The van der Waals surface area contributed by atoms with Crippen molar-refractivity contribution in [2.75, 3.05) is 38.1 Å². The van der Waals surface area contributed by atoms with E-state index < -0.39 is 12.2 Å². The Hall–Kier alpha value is -3.30. The van der Waals surface area contributed by atoms with Crippen LogP contribution in [-0.4, -0.2) is 72.4 Å². The molecule has 3 aromatic rings. The minimum absolute atomic E-state index is 0.00173. The average molecular weight is 555 g/mol. The summed E-state index contributed by atoms with van der Waals surface area (Å²) >= 11 is 0. The predicted octanol–water partition coefficient (Wildman–Crippen LogP) is 4.97. The lowest BCUT2D eigenvalue weighted by Gasteiger charge is -2.60. The Kier molecular flexibility index (Phi) is 7.36. The lowest BCUT2D eigenvalue weighted by molar-refractivity contribution is -0.124. The van der Waals surface area contributed by atoms with Gasteiger partial charge in [0, 0.05) is 54.8 Å². The van der Waals surface area contributed by atoms with Crippen molar-refractivity contribution in [3.8, 4) is 11.1 Å². The predicted molar refractivity (Wildman–Crippen MR) is 159 cm³/mol. The number of imidazole rings is 1. The van der Waals surface area contributed by atoms with E-state index >= 15 is 4.39 Å². The van der Waals surface area contributed by atoms with Crippen LogP contribution in [0.3, 0.4) is 0 Å². The fourth-order valence-corrected chi connectivity index (χ4v) is 6.85. The second-order valence-electron chi connectivity index (χ2n) is 12.1. The van der Waals surface area contributed by atoms with Gasteiger partial charge in [0.2, 0.25) is 0 Å². The summed E-state index contributed by atoms with van der Waals surface area (Å²) in [7, 11) is 7.64. The third-order valence-corrected chi connectivity index (χ3v) is 8.84. The van der Waals surface area contributed by atoms with E-state index in [1.54, 1.807) is 30.1 Å². The topological polar surface area (TPSA) is 44.6 Å². The Morgan fingerprint density at radius 2 is 1.95 bits per heavy atom. The van der Waals surface area contributed by atoms with Crippen molar-refractivity contribution >= 4 is 25.5 Å². The van der Waals surface area contributed by atoms with Crippen LogP contribution in [0.1, 0.15) is 48.3 Å². The molecule has 9 heteroatoms. The molecule has 2 aromatic carbocycles. The quantitative estimate of drug-likeness (QED) is 0.331. The van der Waals surface area contributed by atoms with Gasteiger partial charge in [-0.3, -0.25) is 9.69 Å². The smallest absolute Gasteiger partial charge is 0.182 e.